The van der Waals surface area contributed by atoms with E-state index in [0.29, 0.717) is 0 Å². The molecule has 3 rings (SSSR count). The van der Waals surface area contributed by atoms with Crippen LogP contribution in [0.25, 0.3) is 0 Å². The lowest BCUT2D eigenvalue weighted by molar-refractivity contribution is -0.153. The van der Waals surface area contributed by atoms with E-state index in [2.05, 4.69) is 10.1 Å². The summed E-state index contributed by atoms with van der Waals surface area (Å²) in [5, 5.41) is 2.54. The summed E-state index contributed by atoms with van der Waals surface area (Å²) in [6.07, 6.45) is -5.00. The Labute approximate surface area is 184 Å². The average Bonchev–Trinajstić information content (AvgIpc) is 2.71. The Hall–Kier alpha value is -2.63. The number of ether oxygens (including phenoxy) is 2. The van der Waals surface area contributed by atoms with Crippen LogP contribution in [-0.2, 0) is 14.8 Å². The number of morpholine rings is 1. The van der Waals surface area contributed by atoms with Crippen LogP contribution >= 0.6 is 0 Å². The van der Waals surface area contributed by atoms with Gasteiger partial charge in [-0.3, -0.25) is 4.79 Å². The summed E-state index contributed by atoms with van der Waals surface area (Å²) in [5.74, 6) is -0.675. The smallest absolute Gasteiger partial charge is 0.422 e. The minimum Gasteiger partial charge on any atom is -0.484 e. The molecular formula is C21H23F3N2O5S. The molecule has 1 heterocycles. The van der Waals surface area contributed by atoms with Crippen LogP contribution in [0, 0.1) is 0 Å². The van der Waals surface area contributed by atoms with Crippen molar-refractivity contribution in [3.05, 3.63) is 54.1 Å². The van der Waals surface area contributed by atoms with Crippen LogP contribution in [0.5, 0.6) is 5.75 Å². The summed E-state index contributed by atoms with van der Waals surface area (Å²) in [5.41, 5.74) is 0.292. The fourth-order valence-corrected chi connectivity index (χ4v) is 4.94. The fraction of sp³-hybridized carbons (Fsp3) is 0.381. The van der Waals surface area contributed by atoms with Crippen molar-refractivity contribution in [2.24, 2.45) is 0 Å². The van der Waals surface area contributed by atoms with Gasteiger partial charge < -0.3 is 14.8 Å². The van der Waals surface area contributed by atoms with Gasteiger partial charge in [-0.25, -0.2) is 8.42 Å². The first kappa shape index (κ1) is 24.0. The largest absolute Gasteiger partial charge is 0.484 e. The van der Waals surface area contributed by atoms with Crippen LogP contribution in [-0.4, -0.2) is 56.7 Å². The molecule has 1 saturated heterocycles. The summed E-state index contributed by atoms with van der Waals surface area (Å²) >= 11 is 0. The Kier molecular flexibility index (Phi) is 7.11. The molecule has 2 aromatic carbocycles. The average molecular weight is 472 g/mol. The van der Waals surface area contributed by atoms with Crippen molar-refractivity contribution < 1.29 is 35.9 Å². The van der Waals surface area contributed by atoms with Crippen LogP contribution in [0.15, 0.2) is 53.4 Å². The number of hydrogen-bond acceptors (Lipinski definition) is 5. The van der Waals surface area contributed by atoms with Crippen LogP contribution in [0.3, 0.4) is 0 Å². The maximum Gasteiger partial charge on any atom is 0.422 e. The standard InChI is InChI=1S/C21H23F3N2O5S/c1-14-11-26(12-15(2)31-14)32(28,29)19-8-3-5-16(9-19)20(27)25-17-6-4-7-18(10-17)30-13-21(22,23)24/h3-10,14-15H,11-13H2,1-2H3,(H,25,27). The number of carbonyl (C=O) groups is 1. The normalized spacial score (nSPS) is 20.0. The molecule has 0 spiro atoms. The Morgan fingerprint density at radius 3 is 2.44 bits per heavy atom. The number of hydrogen-bond donors (Lipinski definition) is 1. The third kappa shape index (κ3) is 6.21. The van der Waals surface area contributed by atoms with Crippen LogP contribution < -0.4 is 10.1 Å². The molecule has 2 unspecified atom stereocenters. The SMILES string of the molecule is CC1CN(S(=O)(=O)c2cccc(C(=O)Nc3cccc(OCC(F)(F)F)c3)c2)CC(C)O1. The molecule has 1 aliphatic heterocycles. The molecule has 0 aromatic heterocycles. The zero-order valence-electron chi connectivity index (χ0n) is 17.4. The zero-order valence-corrected chi connectivity index (χ0v) is 18.2. The lowest BCUT2D eigenvalue weighted by Gasteiger charge is -2.34. The van der Waals surface area contributed by atoms with Crippen molar-refractivity contribution in [1.29, 1.82) is 0 Å². The van der Waals surface area contributed by atoms with Crippen molar-refractivity contribution in [3.8, 4) is 5.75 Å². The lowest BCUT2D eigenvalue weighted by atomic mass is 10.2. The van der Waals surface area contributed by atoms with Gasteiger partial charge in [0.2, 0.25) is 10.0 Å². The second kappa shape index (κ2) is 9.47. The number of carbonyl (C=O) groups excluding carboxylic acids is 1. The van der Waals surface area contributed by atoms with Gasteiger partial charge in [-0.15, -0.1) is 0 Å². The van der Waals surface area contributed by atoms with E-state index >= 15 is 0 Å². The molecule has 11 heteroatoms. The number of rotatable bonds is 6. The summed E-state index contributed by atoms with van der Waals surface area (Å²) < 4.78 is 74.6. The van der Waals surface area contributed by atoms with E-state index in [1.165, 1.54) is 52.8 Å². The first-order chi connectivity index (χ1) is 14.9. The number of halogens is 3. The third-order valence-electron chi connectivity index (χ3n) is 4.61. The number of benzene rings is 2. The van der Waals surface area contributed by atoms with Crippen LogP contribution in [0.2, 0.25) is 0 Å². The first-order valence-corrected chi connectivity index (χ1v) is 11.2. The van der Waals surface area contributed by atoms with Gasteiger partial charge in [0, 0.05) is 30.4 Å². The van der Waals surface area contributed by atoms with Gasteiger partial charge in [-0.2, -0.15) is 17.5 Å². The molecule has 1 aliphatic rings. The first-order valence-electron chi connectivity index (χ1n) is 9.81. The molecule has 0 aliphatic carbocycles. The van der Waals surface area contributed by atoms with Gasteiger partial charge in [-0.05, 0) is 44.2 Å². The quantitative estimate of drug-likeness (QED) is 0.694. The molecule has 0 bridgehead atoms. The minimum absolute atomic E-state index is 0.0336. The molecule has 1 fully saturated rings. The van der Waals surface area contributed by atoms with Crippen molar-refractivity contribution in [2.75, 3.05) is 25.0 Å². The number of nitrogens with zero attached hydrogens (tertiary/aromatic N) is 1. The Bertz CT molecular complexity index is 1070. The molecule has 0 saturated carbocycles. The molecule has 2 aromatic rings. The second-order valence-corrected chi connectivity index (χ2v) is 9.43. The van der Waals surface area contributed by atoms with E-state index in [0.717, 1.165) is 0 Å². The number of nitrogens with one attached hydrogen (secondary N) is 1. The van der Waals surface area contributed by atoms with Crippen molar-refractivity contribution >= 4 is 21.6 Å². The number of amides is 1. The van der Waals surface area contributed by atoms with Crippen LogP contribution in [0.1, 0.15) is 24.2 Å². The molecule has 2 atom stereocenters. The molecule has 174 valence electrons. The predicted octanol–water partition coefficient (Wildman–Crippen LogP) is 3.68. The van der Waals surface area contributed by atoms with Gasteiger partial charge in [0.1, 0.15) is 5.75 Å². The number of sulfonamides is 1. The summed E-state index contributed by atoms with van der Waals surface area (Å²) in [4.78, 5) is 12.6. The number of alkyl halides is 3. The summed E-state index contributed by atoms with van der Waals surface area (Å²) in [6.45, 7) is 2.52. The van der Waals surface area contributed by atoms with Crippen molar-refractivity contribution in [1.82, 2.24) is 4.31 Å². The van der Waals surface area contributed by atoms with Gasteiger partial charge in [0.05, 0.1) is 17.1 Å². The second-order valence-electron chi connectivity index (χ2n) is 7.49. The summed E-state index contributed by atoms with van der Waals surface area (Å²) in [7, 11) is -3.84. The molecule has 7 nitrogen and oxygen atoms in total. The van der Waals surface area contributed by atoms with Gasteiger partial charge in [-0.1, -0.05) is 12.1 Å². The lowest BCUT2D eigenvalue weighted by Crippen LogP contribution is -2.48. The molecule has 1 N–H and O–H groups in total. The number of anilines is 1. The Morgan fingerprint density at radius 1 is 1.12 bits per heavy atom. The molecule has 1 amide bonds. The third-order valence-corrected chi connectivity index (χ3v) is 6.44. The maximum atomic E-state index is 13.0. The van der Waals surface area contributed by atoms with Crippen molar-refractivity contribution in [3.63, 3.8) is 0 Å². The fourth-order valence-electron chi connectivity index (χ4n) is 3.31. The zero-order chi connectivity index (χ0) is 23.5. The van der Waals surface area contributed by atoms with Gasteiger partial charge in [0.25, 0.3) is 5.91 Å². The topological polar surface area (TPSA) is 84.9 Å². The van der Waals surface area contributed by atoms with Gasteiger partial charge in [0.15, 0.2) is 6.61 Å². The van der Waals surface area contributed by atoms with Crippen LogP contribution in [0.4, 0.5) is 18.9 Å². The van der Waals surface area contributed by atoms with E-state index in [1.807, 2.05) is 0 Å². The monoisotopic (exact) mass is 472 g/mol. The Balaban J connectivity index is 1.74. The van der Waals surface area contributed by atoms with Gasteiger partial charge >= 0.3 is 6.18 Å². The van der Waals surface area contributed by atoms with E-state index in [1.54, 1.807) is 13.8 Å². The van der Waals surface area contributed by atoms with E-state index in [-0.39, 0.29) is 47.2 Å². The molecular weight excluding hydrogens is 449 g/mol. The highest BCUT2D eigenvalue weighted by molar-refractivity contribution is 7.89. The van der Waals surface area contributed by atoms with E-state index in [4.69, 9.17) is 4.74 Å². The highest BCUT2D eigenvalue weighted by atomic mass is 32.2. The minimum atomic E-state index is -4.48. The maximum absolute atomic E-state index is 13.0. The highest BCUT2D eigenvalue weighted by Gasteiger charge is 2.32. The van der Waals surface area contributed by atoms with Crippen molar-refractivity contribution in [2.45, 2.75) is 37.1 Å². The molecule has 32 heavy (non-hydrogen) atoms. The van der Waals surface area contributed by atoms with E-state index in [9.17, 15) is 26.4 Å². The predicted molar refractivity (Wildman–Crippen MR) is 111 cm³/mol. The van der Waals surface area contributed by atoms with E-state index < -0.39 is 28.7 Å². The highest BCUT2D eigenvalue weighted by Crippen LogP contribution is 2.24. The summed E-state index contributed by atoms with van der Waals surface area (Å²) in [6, 6.07) is 11.1. The molecule has 0 radical (unpaired) electrons. The Morgan fingerprint density at radius 2 is 1.78 bits per heavy atom.